The number of aliphatic carboxylic acids is 1. The highest BCUT2D eigenvalue weighted by Crippen LogP contribution is 2.40. The molecule has 2 aliphatic heterocycles. The highest BCUT2D eigenvalue weighted by molar-refractivity contribution is 8.01. The van der Waals surface area contributed by atoms with Crippen LogP contribution in [0.4, 0.5) is 0 Å². The molecule has 1 fully saturated rings. The van der Waals surface area contributed by atoms with Gasteiger partial charge in [-0.05, 0) is 30.2 Å². The lowest BCUT2D eigenvalue weighted by Crippen LogP contribution is -3.00. The lowest BCUT2D eigenvalue weighted by Gasteiger charge is -2.49. The summed E-state index contributed by atoms with van der Waals surface area (Å²) in [5, 5.41) is 15.0. The number of halogens is 1. The Morgan fingerprint density at radius 3 is 2.67 bits per heavy atom. The summed E-state index contributed by atoms with van der Waals surface area (Å²) in [4.78, 5) is 59.8. The van der Waals surface area contributed by atoms with Crippen LogP contribution in [0, 0.1) is 0 Å². The van der Waals surface area contributed by atoms with E-state index in [4.69, 9.17) is 11.5 Å². The van der Waals surface area contributed by atoms with E-state index in [1.165, 1.54) is 39.8 Å². The predicted molar refractivity (Wildman–Crippen MR) is 173 cm³/mol. The van der Waals surface area contributed by atoms with Gasteiger partial charge in [0, 0.05) is 31.0 Å². The van der Waals surface area contributed by atoms with Gasteiger partial charge in [-0.25, -0.2) is 14.3 Å². The molecule has 2 aromatic heterocycles. The highest BCUT2D eigenvalue weighted by atomic mass is 35.5. The maximum Gasteiger partial charge on any atom is 0.352 e. The van der Waals surface area contributed by atoms with Crippen molar-refractivity contribution in [3.63, 3.8) is 0 Å². The number of carboxylic acids is 1. The molecule has 2 atom stereocenters. The molecular weight excluding hydrogens is 672 g/mol. The summed E-state index contributed by atoms with van der Waals surface area (Å²) in [6.45, 7) is 1.28. The Kier molecular flexibility index (Phi) is 12.0. The van der Waals surface area contributed by atoms with Crippen LogP contribution in [0.3, 0.4) is 0 Å². The van der Waals surface area contributed by atoms with Crippen LogP contribution in [-0.4, -0.2) is 80.7 Å². The third kappa shape index (κ3) is 8.37. The van der Waals surface area contributed by atoms with Crippen molar-refractivity contribution in [3.05, 3.63) is 77.8 Å². The molecule has 13 nitrogen and oxygen atoms in total. The zero-order valence-electron chi connectivity index (χ0n) is 24.3. The van der Waals surface area contributed by atoms with Crippen LogP contribution < -0.4 is 39.1 Å². The third-order valence-corrected chi connectivity index (χ3v) is 10.3. The first-order valence-corrected chi connectivity index (χ1v) is 16.7. The number of hydrogen-bond acceptors (Lipinski definition) is 9. The van der Waals surface area contributed by atoms with Gasteiger partial charge in [0.15, 0.2) is 29.2 Å². The van der Waals surface area contributed by atoms with Crippen LogP contribution in [0.15, 0.2) is 81.5 Å². The number of carboxylic acid groups (broad SMARTS) is 1. The number of thioether (sulfide) groups is 2. The molecule has 1 saturated heterocycles. The zero-order chi connectivity index (χ0) is 31.9. The number of allylic oxidation sites excluding steroid dienone is 2. The van der Waals surface area contributed by atoms with Gasteiger partial charge < -0.3 is 39.6 Å². The number of aliphatic imine (C=N–C) groups is 1. The second-order valence-corrected chi connectivity index (χ2v) is 13.3. The van der Waals surface area contributed by atoms with Crippen molar-refractivity contribution in [1.82, 2.24) is 20.5 Å². The zero-order valence-corrected chi connectivity index (χ0v) is 27.5. The Hall–Kier alpha value is -4.12. The summed E-state index contributed by atoms with van der Waals surface area (Å²) in [5.74, 6) is -1.70. The molecule has 0 unspecified atom stereocenters. The molecule has 17 heteroatoms. The second-order valence-electron chi connectivity index (χ2n) is 9.97. The maximum absolute atomic E-state index is 13.0. The lowest BCUT2D eigenvalue weighted by molar-refractivity contribution is -0.687. The molecule has 3 amide bonds. The number of benzene rings is 1. The summed E-state index contributed by atoms with van der Waals surface area (Å²) in [6.07, 6.45) is 7.60. The molecule has 0 radical (unpaired) electrons. The van der Waals surface area contributed by atoms with E-state index in [0.717, 1.165) is 14.6 Å². The van der Waals surface area contributed by atoms with E-state index >= 15 is 0 Å². The lowest BCUT2D eigenvalue weighted by atomic mass is 10.0. The van der Waals surface area contributed by atoms with Crippen molar-refractivity contribution in [2.24, 2.45) is 16.5 Å². The highest BCUT2D eigenvalue weighted by Gasteiger charge is 2.53. The minimum absolute atomic E-state index is 0. The molecule has 3 aromatic rings. The molecule has 0 saturated carbocycles. The number of hydrogen-bond donors (Lipinski definition) is 5. The number of carbonyl (C=O) groups excluding carboxylic acids is 3. The van der Waals surface area contributed by atoms with Crippen LogP contribution in [0.1, 0.15) is 16.8 Å². The van der Waals surface area contributed by atoms with Crippen molar-refractivity contribution >= 4 is 74.7 Å². The fraction of sp³-hybridized carbons (Fsp3) is 0.276. The van der Waals surface area contributed by atoms with Crippen molar-refractivity contribution < 1.29 is 41.3 Å². The molecule has 7 N–H and O–H groups in total. The second kappa shape index (κ2) is 15.9. The van der Waals surface area contributed by atoms with Gasteiger partial charge in [0.25, 0.3) is 11.8 Å². The normalized spacial score (nSPS) is 17.2. The standard InChI is InChI=1S/C29H30N8O5S3.ClH/c30-28(31)33-11-4-10-32-24(39)17-8-13-36(14-9-17)12-3-5-18-15-43-26-22(25(40)37(26)23(18)27(41)42)35-21(38)16-44-29-34-19-6-1-2-7-20(19)45-29;/h1-3,5-9,13-14,22,26H,4,10-12,15-16H2,(H6-,30,31,32,33,35,38,39,41,42);1H/b5-3+;/t22-,26-;/m1./s1. The Bertz CT molecular complexity index is 1680. The van der Waals surface area contributed by atoms with E-state index < -0.39 is 23.3 Å². The summed E-state index contributed by atoms with van der Waals surface area (Å²) >= 11 is 4.21. The van der Waals surface area contributed by atoms with Crippen LogP contribution in [0.2, 0.25) is 0 Å². The number of β-lactam (4-membered cyclic amide) rings is 1. The first-order valence-electron chi connectivity index (χ1n) is 13.9. The van der Waals surface area contributed by atoms with Crippen molar-refractivity contribution in [1.29, 1.82) is 0 Å². The summed E-state index contributed by atoms with van der Waals surface area (Å²) < 4.78 is 3.63. The average Bonchev–Trinajstić information content (AvgIpc) is 3.45. The molecule has 0 aliphatic carbocycles. The largest absolute Gasteiger partial charge is 1.00 e. The topological polar surface area (TPSA) is 197 Å². The van der Waals surface area contributed by atoms with Crippen LogP contribution in [0.5, 0.6) is 0 Å². The van der Waals surface area contributed by atoms with Crippen LogP contribution in [0.25, 0.3) is 10.2 Å². The number of para-hydroxylation sites is 1. The van der Waals surface area contributed by atoms with Crippen molar-refractivity contribution in [3.8, 4) is 0 Å². The van der Waals surface area contributed by atoms with Crippen LogP contribution >= 0.6 is 34.9 Å². The fourth-order valence-corrected chi connectivity index (χ4v) is 7.86. The van der Waals surface area contributed by atoms with Crippen LogP contribution in [-0.2, 0) is 20.9 Å². The summed E-state index contributed by atoms with van der Waals surface area (Å²) in [5.41, 5.74) is 12.4. The van der Waals surface area contributed by atoms with Gasteiger partial charge in [-0.15, -0.1) is 23.1 Å². The monoisotopic (exact) mass is 702 g/mol. The number of pyridine rings is 1. The number of guanidine groups is 1. The molecule has 0 bridgehead atoms. The van der Waals surface area contributed by atoms with Gasteiger partial charge in [0.1, 0.15) is 17.1 Å². The third-order valence-electron chi connectivity index (χ3n) is 6.82. The minimum Gasteiger partial charge on any atom is -1.00 e. The van der Waals surface area contributed by atoms with Gasteiger partial charge >= 0.3 is 5.97 Å². The number of aromatic nitrogens is 2. The molecule has 242 valence electrons. The van der Waals surface area contributed by atoms with E-state index in [-0.39, 0.29) is 41.6 Å². The average molecular weight is 703 g/mol. The fourth-order valence-electron chi connectivity index (χ4n) is 4.66. The molecule has 2 aliphatic rings. The molecule has 5 rings (SSSR count). The Morgan fingerprint density at radius 1 is 1.20 bits per heavy atom. The quantitative estimate of drug-likeness (QED) is 0.0334. The van der Waals surface area contributed by atoms with E-state index in [1.807, 2.05) is 28.8 Å². The van der Waals surface area contributed by atoms with E-state index in [2.05, 4.69) is 20.6 Å². The maximum atomic E-state index is 13.0. The van der Waals surface area contributed by atoms with E-state index in [9.17, 15) is 24.3 Å². The van der Waals surface area contributed by atoms with E-state index in [1.54, 1.807) is 36.7 Å². The number of nitrogens with two attached hydrogens (primary N) is 2. The number of nitrogens with one attached hydrogen (secondary N) is 2. The minimum atomic E-state index is -1.20. The molecule has 0 spiro atoms. The predicted octanol–water partition coefficient (Wildman–Crippen LogP) is -1.93. The van der Waals surface area contributed by atoms with Gasteiger partial charge in [-0.3, -0.25) is 24.3 Å². The number of nitrogens with zero attached hydrogens (tertiary/aromatic N) is 4. The molecule has 46 heavy (non-hydrogen) atoms. The number of carbonyl (C=O) groups is 4. The SMILES string of the molecule is NC(N)=NCCCNC(=O)c1cc[n+](C/C=C/C2=C(C(=O)O)N3C(=O)[C@@H](NC(=O)CSc4nc5ccccc5s4)[C@H]3SC2)cc1.[Cl-]. The number of amides is 3. The van der Waals surface area contributed by atoms with Gasteiger partial charge in [0.05, 0.1) is 21.5 Å². The first kappa shape index (κ1) is 34.7. The first-order chi connectivity index (χ1) is 21.7. The smallest absolute Gasteiger partial charge is 0.352 e. The number of fused-ring (bicyclic) bond motifs is 2. The van der Waals surface area contributed by atoms with Crippen molar-refractivity contribution in [2.75, 3.05) is 24.6 Å². The van der Waals surface area contributed by atoms with E-state index in [0.29, 0.717) is 42.9 Å². The van der Waals surface area contributed by atoms with Gasteiger partial charge in [-0.1, -0.05) is 30.0 Å². The van der Waals surface area contributed by atoms with Crippen molar-refractivity contribution in [2.45, 2.75) is 28.7 Å². The molecule has 4 heterocycles. The number of thiazole rings is 1. The summed E-state index contributed by atoms with van der Waals surface area (Å²) in [6, 6.07) is 10.3. The molecular formula is C29H31ClN8O5S3. The van der Waals surface area contributed by atoms with Gasteiger partial charge in [0.2, 0.25) is 5.91 Å². The number of rotatable bonds is 13. The Labute approximate surface area is 283 Å². The molecule has 1 aromatic carbocycles. The summed E-state index contributed by atoms with van der Waals surface area (Å²) in [7, 11) is 0. The van der Waals surface area contributed by atoms with Gasteiger partial charge in [-0.2, -0.15) is 0 Å². The Balaban J connectivity index is 0.00000480. The Morgan fingerprint density at radius 2 is 1.96 bits per heavy atom.